The molecule has 0 saturated heterocycles. The number of nitrogens with one attached hydrogen (secondary N) is 2. The van der Waals surface area contributed by atoms with Gasteiger partial charge in [-0.25, -0.2) is 0 Å². The molecule has 0 aliphatic heterocycles. The van der Waals surface area contributed by atoms with Crippen LogP contribution in [0, 0.1) is 6.92 Å². The van der Waals surface area contributed by atoms with E-state index in [0.29, 0.717) is 29.1 Å². The lowest BCUT2D eigenvalue weighted by atomic mass is 9.96. The number of likely N-dealkylation sites (N-methyl/N-ethyl adjacent to an activating group) is 1. The zero-order valence-electron chi connectivity index (χ0n) is 20.1. The maximum Gasteiger partial charge on any atom is 0.256 e. The quantitative estimate of drug-likeness (QED) is 0.276. The summed E-state index contributed by atoms with van der Waals surface area (Å²) in [6, 6.07) is 25.1. The molecule has 0 unspecified atom stereocenters. The van der Waals surface area contributed by atoms with Gasteiger partial charge in [0.15, 0.2) is 0 Å². The molecule has 5 nitrogen and oxygen atoms in total. The van der Waals surface area contributed by atoms with E-state index in [-0.39, 0.29) is 11.5 Å². The Labute approximate surface area is 214 Å². The summed E-state index contributed by atoms with van der Waals surface area (Å²) in [5.41, 5.74) is 4.43. The maximum absolute atomic E-state index is 12.9. The van der Waals surface area contributed by atoms with E-state index in [9.17, 15) is 9.59 Å². The van der Waals surface area contributed by atoms with Crippen molar-refractivity contribution >= 4 is 44.7 Å². The van der Waals surface area contributed by atoms with Crippen LogP contribution in [0.5, 0.6) is 0 Å². The van der Waals surface area contributed by atoms with Gasteiger partial charge in [0.2, 0.25) is 0 Å². The van der Waals surface area contributed by atoms with E-state index in [4.69, 9.17) is 11.6 Å². The largest absolute Gasteiger partial charge is 0.373 e. The van der Waals surface area contributed by atoms with Crippen LogP contribution >= 0.6 is 11.6 Å². The van der Waals surface area contributed by atoms with Crippen LogP contribution in [0.3, 0.4) is 0 Å². The summed E-state index contributed by atoms with van der Waals surface area (Å²) in [6.07, 6.45) is 1.70. The van der Waals surface area contributed by atoms with E-state index >= 15 is 0 Å². The van der Waals surface area contributed by atoms with Crippen molar-refractivity contribution in [3.63, 3.8) is 0 Å². The number of fused-ring (bicyclic) bond motifs is 3. The molecule has 1 amide bonds. The molecule has 5 aromatic rings. The molecule has 0 radical (unpaired) electrons. The molecular weight excluding hydrogens is 470 g/mol. The molecule has 0 fully saturated rings. The predicted octanol–water partition coefficient (Wildman–Crippen LogP) is 6.18. The summed E-state index contributed by atoms with van der Waals surface area (Å²) in [6.45, 7) is 3.28. The number of hydrogen-bond donors (Lipinski definition) is 2. The molecule has 0 aliphatic rings. The Balaban J connectivity index is 1.40. The molecule has 5 rings (SSSR count). The zero-order chi connectivity index (χ0) is 25.2. The predicted molar refractivity (Wildman–Crippen MR) is 149 cm³/mol. The highest BCUT2D eigenvalue weighted by Crippen LogP contribution is 2.32. The van der Waals surface area contributed by atoms with Crippen LogP contribution in [0.15, 0.2) is 89.9 Å². The first kappa shape index (κ1) is 23.6. The molecule has 0 saturated carbocycles. The van der Waals surface area contributed by atoms with E-state index < -0.39 is 0 Å². The minimum atomic E-state index is -0.173. The van der Waals surface area contributed by atoms with Crippen LogP contribution < -0.4 is 15.8 Å². The third-order valence-corrected chi connectivity index (χ3v) is 6.78. The number of pyridine rings is 1. The van der Waals surface area contributed by atoms with Crippen LogP contribution in [0.2, 0.25) is 5.02 Å². The number of aryl methyl sites for hydroxylation is 1. The molecule has 0 aliphatic carbocycles. The molecule has 1 aromatic heterocycles. The first-order chi connectivity index (χ1) is 17.4. The van der Waals surface area contributed by atoms with Gasteiger partial charge in [0.25, 0.3) is 11.5 Å². The van der Waals surface area contributed by atoms with E-state index in [1.807, 2.05) is 67.7 Å². The highest BCUT2D eigenvalue weighted by molar-refractivity contribution is 6.32. The third kappa shape index (κ3) is 4.58. The van der Waals surface area contributed by atoms with Crippen molar-refractivity contribution < 1.29 is 4.79 Å². The number of rotatable bonds is 6. The summed E-state index contributed by atoms with van der Waals surface area (Å²) >= 11 is 6.23. The minimum Gasteiger partial charge on any atom is -0.373 e. The number of anilines is 1. The van der Waals surface area contributed by atoms with Gasteiger partial charge in [-0.2, -0.15) is 0 Å². The number of amides is 1. The number of para-hydroxylation sites is 1. The molecule has 180 valence electrons. The maximum atomic E-state index is 12.9. The van der Waals surface area contributed by atoms with Crippen LogP contribution in [0.25, 0.3) is 32.7 Å². The summed E-state index contributed by atoms with van der Waals surface area (Å²) in [4.78, 5) is 30.7. The van der Waals surface area contributed by atoms with Gasteiger partial charge in [-0.1, -0.05) is 60.1 Å². The van der Waals surface area contributed by atoms with Gasteiger partial charge in [-0.15, -0.1) is 0 Å². The summed E-state index contributed by atoms with van der Waals surface area (Å²) in [5, 5.41) is 6.74. The number of benzene rings is 4. The van der Waals surface area contributed by atoms with Crippen molar-refractivity contribution in [1.82, 2.24) is 10.3 Å². The van der Waals surface area contributed by atoms with Gasteiger partial charge in [0, 0.05) is 48.2 Å². The van der Waals surface area contributed by atoms with Crippen molar-refractivity contribution in [3.8, 4) is 11.1 Å². The Kier molecular flexibility index (Phi) is 6.49. The second-order valence-electron chi connectivity index (χ2n) is 8.93. The second kappa shape index (κ2) is 9.88. The molecule has 6 heteroatoms. The lowest BCUT2D eigenvalue weighted by Crippen LogP contribution is -2.33. The first-order valence-corrected chi connectivity index (χ1v) is 12.2. The smallest absolute Gasteiger partial charge is 0.256 e. The van der Waals surface area contributed by atoms with Gasteiger partial charge < -0.3 is 15.2 Å². The summed E-state index contributed by atoms with van der Waals surface area (Å²) < 4.78 is 0. The average molecular weight is 496 g/mol. The van der Waals surface area contributed by atoms with Gasteiger partial charge in [-0.3, -0.25) is 9.59 Å². The first-order valence-electron chi connectivity index (χ1n) is 11.8. The van der Waals surface area contributed by atoms with Gasteiger partial charge >= 0.3 is 0 Å². The van der Waals surface area contributed by atoms with Crippen LogP contribution in [-0.2, 0) is 0 Å². The Morgan fingerprint density at radius 1 is 0.972 bits per heavy atom. The standard InChI is InChI=1S/C30H26ClN3O2/c1-19-6-3-4-9-27(19)34(2)15-14-32-29(35)22-8-5-7-21(16-22)26-18-33-30(36)28-24(26)13-11-20-10-12-23(31)17-25(20)28/h3-13,16-18H,14-15H2,1-2H3,(H,32,35)(H,33,36). The molecular formula is C30H26ClN3O2. The van der Waals surface area contributed by atoms with Crippen molar-refractivity contribution in [2.45, 2.75) is 6.92 Å². The lowest BCUT2D eigenvalue weighted by Gasteiger charge is -2.21. The number of aromatic nitrogens is 1. The number of halogens is 1. The Hall–Kier alpha value is -4.09. The number of carbonyl (C=O) groups is 1. The number of aromatic amines is 1. The van der Waals surface area contributed by atoms with Crippen molar-refractivity contribution in [2.24, 2.45) is 0 Å². The fourth-order valence-electron chi connectivity index (χ4n) is 4.67. The van der Waals surface area contributed by atoms with Crippen LogP contribution in [0.4, 0.5) is 5.69 Å². The topological polar surface area (TPSA) is 65.2 Å². The van der Waals surface area contributed by atoms with E-state index in [2.05, 4.69) is 34.3 Å². The van der Waals surface area contributed by atoms with Gasteiger partial charge in [0.1, 0.15) is 0 Å². The third-order valence-electron chi connectivity index (χ3n) is 6.54. The summed E-state index contributed by atoms with van der Waals surface area (Å²) in [7, 11) is 2.02. The van der Waals surface area contributed by atoms with E-state index in [1.54, 1.807) is 12.3 Å². The molecule has 4 aromatic carbocycles. The fourth-order valence-corrected chi connectivity index (χ4v) is 4.84. The zero-order valence-corrected chi connectivity index (χ0v) is 20.9. The van der Waals surface area contributed by atoms with Crippen LogP contribution in [0.1, 0.15) is 15.9 Å². The van der Waals surface area contributed by atoms with Gasteiger partial charge in [-0.05, 0) is 64.5 Å². The Morgan fingerprint density at radius 3 is 2.61 bits per heavy atom. The SMILES string of the molecule is Cc1ccccc1N(C)CCNC(=O)c1cccc(-c2c[nH]c(=O)c3c2ccc2ccc(Cl)cc23)c1. The molecule has 0 spiro atoms. The molecule has 1 heterocycles. The van der Waals surface area contributed by atoms with Gasteiger partial charge in [0.05, 0.1) is 5.39 Å². The normalized spacial score (nSPS) is 11.1. The van der Waals surface area contributed by atoms with Crippen LogP contribution in [-0.4, -0.2) is 31.0 Å². The van der Waals surface area contributed by atoms with E-state index in [1.165, 1.54) is 5.56 Å². The number of H-pyrrole nitrogens is 1. The highest BCUT2D eigenvalue weighted by atomic mass is 35.5. The lowest BCUT2D eigenvalue weighted by molar-refractivity contribution is 0.0955. The summed E-state index contributed by atoms with van der Waals surface area (Å²) in [5.74, 6) is -0.138. The van der Waals surface area contributed by atoms with E-state index in [0.717, 1.165) is 33.0 Å². The van der Waals surface area contributed by atoms with Crippen molar-refractivity contribution in [2.75, 3.05) is 25.0 Å². The van der Waals surface area contributed by atoms with Crippen molar-refractivity contribution in [3.05, 3.63) is 112 Å². The average Bonchev–Trinajstić information content (AvgIpc) is 2.88. The molecule has 0 atom stereocenters. The number of hydrogen-bond acceptors (Lipinski definition) is 3. The number of carbonyl (C=O) groups excluding carboxylic acids is 1. The molecule has 2 N–H and O–H groups in total. The minimum absolute atomic E-state index is 0.138. The highest BCUT2D eigenvalue weighted by Gasteiger charge is 2.13. The molecule has 36 heavy (non-hydrogen) atoms. The second-order valence-corrected chi connectivity index (χ2v) is 9.37. The fraction of sp³-hybridized carbons (Fsp3) is 0.133. The Morgan fingerprint density at radius 2 is 1.78 bits per heavy atom. The van der Waals surface area contributed by atoms with Crippen molar-refractivity contribution in [1.29, 1.82) is 0 Å². The number of nitrogens with zero attached hydrogens (tertiary/aromatic N) is 1. The Bertz CT molecular complexity index is 1660. The molecule has 0 bridgehead atoms. The monoisotopic (exact) mass is 495 g/mol.